The molecule has 0 radical (unpaired) electrons. The van der Waals surface area contributed by atoms with Crippen molar-refractivity contribution >= 4 is 23.2 Å². The first kappa shape index (κ1) is 13.4. The Balaban J connectivity index is 2.77. The predicted molar refractivity (Wildman–Crippen MR) is 70.9 cm³/mol. The molecule has 0 amide bonds. The Bertz CT molecular complexity index is 395. The predicted octanol–water partition coefficient (Wildman–Crippen LogP) is 4.06. The van der Waals surface area contributed by atoms with Crippen LogP contribution in [0.15, 0.2) is 18.2 Å². The largest absolute Gasteiger partial charge is 0.297 e. The number of rotatable bonds is 4. The number of terminal acetylenes is 1. The van der Waals surface area contributed by atoms with E-state index in [-0.39, 0.29) is 12.1 Å². The van der Waals surface area contributed by atoms with E-state index in [0.29, 0.717) is 10.0 Å². The average Bonchev–Trinajstić information content (AvgIpc) is 2.29. The minimum Gasteiger partial charge on any atom is -0.297 e. The molecular weight excluding hydrogens is 241 g/mol. The van der Waals surface area contributed by atoms with Gasteiger partial charge >= 0.3 is 0 Å². The quantitative estimate of drug-likeness (QED) is 0.801. The molecule has 0 saturated heterocycles. The van der Waals surface area contributed by atoms with Gasteiger partial charge in [0.1, 0.15) is 0 Å². The Kier molecular flexibility index (Phi) is 5.15. The molecule has 1 N–H and O–H groups in total. The van der Waals surface area contributed by atoms with Gasteiger partial charge in [0.2, 0.25) is 0 Å². The minimum absolute atomic E-state index is 0.0875. The van der Waals surface area contributed by atoms with Crippen LogP contribution in [0.2, 0.25) is 10.0 Å². The fraction of sp³-hybridized carbons (Fsp3) is 0.385. The van der Waals surface area contributed by atoms with Crippen LogP contribution >= 0.6 is 23.2 Å². The third kappa shape index (κ3) is 3.42. The van der Waals surface area contributed by atoms with Crippen LogP contribution in [0.4, 0.5) is 0 Å². The topological polar surface area (TPSA) is 12.0 Å². The summed E-state index contributed by atoms with van der Waals surface area (Å²) < 4.78 is 0. The molecular formula is C13H15Cl2N. The van der Waals surface area contributed by atoms with Crippen LogP contribution in [0, 0.1) is 12.3 Å². The molecule has 1 nitrogen and oxygen atoms in total. The van der Waals surface area contributed by atoms with E-state index in [9.17, 15) is 0 Å². The molecule has 0 aromatic heterocycles. The fourth-order valence-electron chi connectivity index (χ4n) is 1.46. The summed E-state index contributed by atoms with van der Waals surface area (Å²) in [6, 6.07) is 5.87. The van der Waals surface area contributed by atoms with E-state index in [2.05, 4.69) is 25.1 Å². The first-order chi connectivity index (χ1) is 7.58. The highest BCUT2D eigenvalue weighted by Gasteiger charge is 2.10. The SMILES string of the molecule is C#CC(CC)NC(C)c1ccc(Cl)c(Cl)c1. The Morgan fingerprint density at radius 3 is 2.56 bits per heavy atom. The molecule has 0 fully saturated rings. The standard InChI is InChI=1S/C13H15Cl2N/c1-4-11(5-2)16-9(3)10-6-7-12(14)13(15)8-10/h1,6-9,11,16H,5H2,2-3H3. The van der Waals surface area contributed by atoms with Crippen molar-refractivity contribution in [3.63, 3.8) is 0 Å². The van der Waals surface area contributed by atoms with Gasteiger partial charge in [0.15, 0.2) is 0 Å². The summed E-state index contributed by atoms with van der Waals surface area (Å²) in [4.78, 5) is 0. The molecule has 0 bridgehead atoms. The Hall–Kier alpha value is -0.680. The summed E-state index contributed by atoms with van der Waals surface area (Å²) in [6.45, 7) is 4.11. The van der Waals surface area contributed by atoms with Gasteiger partial charge in [-0.05, 0) is 31.0 Å². The van der Waals surface area contributed by atoms with Gasteiger partial charge in [-0.1, -0.05) is 42.1 Å². The second-order valence-corrected chi connectivity index (χ2v) is 4.50. The zero-order valence-corrected chi connectivity index (χ0v) is 10.9. The molecule has 1 rings (SSSR count). The number of halogens is 2. The molecule has 3 heteroatoms. The second-order valence-electron chi connectivity index (χ2n) is 3.69. The second kappa shape index (κ2) is 6.15. The zero-order chi connectivity index (χ0) is 12.1. The van der Waals surface area contributed by atoms with Gasteiger partial charge in [0.05, 0.1) is 16.1 Å². The van der Waals surface area contributed by atoms with E-state index in [4.69, 9.17) is 29.6 Å². The summed E-state index contributed by atoms with van der Waals surface area (Å²) in [5.41, 5.74) is 1.09. The maximum atomic E-state index is 5.96. The fourth-order valence-corrected chi connectivity index (χ4v) is 1.77. The lowest BCUT2D eigenvalue weighted by Gasteiger charge is -2.18. The Morgan fingerprint density at radius 1 is 1.38 bits per heavy atom. The molecule has 0 heterocycles. The van der Waals surface area contributed by atoms with Crippen molar-refractivity contribution in [2.75, 3.05) is 0 Å². The number of hydrogen-bond acceptors (Lipinski definition) is 1. The zero-order valence-electron chi connectivity index (χ0n) is 9.43. The van der Waals surface area contributed by atoms with Crippen molar-refractivity contribution in [3.8, 4) is 12.3 Å². The Morgan fingerprint density at radius 2 is 2.06 bits per heavy atom. The van der Waals surface area contributed by atoms with E-state index in [1.807, 2.05) is 12.1 Å². The van der Waals surface area contributed by atoms with Gasteiger partial charge in [-0.15, -0.1) is 6.42 Å². The smallest absolute Gasteiger partial charge is 0.0688 e. The molecule has 1 aromatic carbocycles. The maximum Gasteiger partial charge on any atom is 0.0688 e. The van der Waals surface area contributed by atoms with E-state index in [1.165, 1.54) is 0 Å². The summed E-state index contributed by atoms with van der Waals surface area (Å²) in [7, 11) is 0. The van der Waals surface area contributed by atoms with Crippen LogP contribution in [0.5, 0.6) is 0 Å². The van der Waals surface area contributed by atoms with Crippen LogP contribution < -0.4 is 5.32 Å². The van der Waals surface area contributed by atoms with E-state index < -0.39 is 0 Å². The van der Waals surface area contributed by atoms with Gasteiger partial charge in [-0.2, -0.15) is 0 Å². The van der Waals surface area contributed by atoms with Crippen LogP contribution in [0.3, 0.4) is 0 Å². The maximum absolute atomic E-state index is 5.96. The van der Waals surface area contributed by atoms with Crippen LogP contribution in [-0.4, -0.2) is 6.04 Å². The van der Waals surface area contributed by atoms with Crippen LogP contribution in [0.25, 0.3) is 0 Å². The molecule has 2 unspecified atom stereocenters. The van der Waals surface area contributed by atoms with Crippen LogP contribution in [0.1, 0.15) is 31.9 Å². The van der Waals surface area contributed by atoms with Gasteiger partial charge < -0.3 is 0 Å². The molecule has 86 valence electrons. The van der Waals surface area contributed by atoms with E-state index in [1.54, 1.807) is 6.07 Å². The summed E-state index contributed by atoms with van der Waals surface area (Å²) in [6.07, 6.45) is 6.31. The summed E-state index contributed by atoms with van der Waals surface area (Å²) >= 11 is 11.8. The monoisotopic (exact) mass is 255 g/mol. The van der Waals surface area contributed by atoms with E-state index in [0.717, 1.165) is 12.0 Å². The average molecular weight is 256 g/mol. The third-order valence-corrected chi connectivity index (χ3v) is 3.24. The molecule has 0 aliphatic rings. The minimum atomic E-state index is 0.0875. The van der Waals surface area contributed by atoms with Crippen molar-refractivity contribution in [1.82, 2.24) is 5.32 Å². The third-order valence-electron chi connectivity index (χ3n) is 2.50. The van der Waals surface area contributed by atoms with Gasteiger partial charge in [0, 0.05) is 6.04 Å². The number of hydrogen-bond donors (Lipinski definition) is 1. The molecule has 1 aromatic rings. The normalized spacial score (nSPS) is 14.2. The molecule has 0 aliphatic carbocycles. The molecule has 0 spiro atoms. The highest BCUT2D eigenvalue weighted by molar-refractivity contribution is 6.42. The summed E-state index contributed by atoms with van der Waals surface area (Å²) in [5.74, 6) is 2.71. The molecule has 2 atom stereocenters. The van der Waals surface area contributed by atoms with Crippen molar-refractivity contribution in [2.24, 2.45) is 0 Å². The first-order valence-corrected chi connectivity index (χ1v) is 6.01. The van der Waals surface area contributed by atoms with Gasteiger partial charge in [-0.25, -0.2) is 0 Å². The highest BCUT2D eigenvalue weighted by Crippen LogP contribution is 2.25. The van der Waals surface area contributed by atoms with Crippen molar-refractivity contribution in [3.05, 3.63) is 33.8 Å². The van der Waals surface area contributed by atoms with Gasteiger partial charge in [-0.3, -0.25) is 5.32 Å². The highest BCUT2D eigenvalue weighted by atomic mass is 35.5. The lowest BCUT2D eigenvalue weighted by molar-refractivity contribution is 0.512. The van der Waals surface area contributed by atoms with Crippen molar-refractivity contribution < 1.29 is 0 Å². The van der Waals surface area contributed by atoms with Crippen molar-refractivity contribution in [1.29, 1.82) is 0 Å². The lowest BCUT2D eigenvalue weighted by atomic mass is 10.1. The Labute approximate surface area is 107 Å². The number of benzene rings is 1. The lowest BCUT2D eigenvalue weighted by Crippen LogP contribution is -2.29. The molecule has 16 heavy (non-hydrogen) atoms. The van der Waals surface area contributed by atoms with Gasteiger partial charge in [0.25, 0.3) is 0 Å². The number of nitrogens with one attached hydrogen (secondary N) is 1. The molecule has 0 aliphatic heterocycles. The summed E-state index contributed by atoms with van der Waals surface area (Å²) in [5, 5.41) is 4.48. The van der Waals surface area contributed by atoms with Crippen molar-refractivity contribution in [2.45, 2.75) is 32.4 Å². The van der Waals surface area contributed by atoms with E-state index >= 15 is 0 Å². The van der Waals surface area contributed by atoms with Crippen LogP contribution in [-0.2, 0) is 0 Å². The molecule has 0 saturated carbocycles. The first-order valence-electron chi connectivity index (χ1n) is 5.25.